The summed E-state index contributed by atoms with van der Waals surface area (Å²) >= 11 is 5.91. The first-order valence-electron chi connectivity index (χ1n) is 3.91. The Morgan fingerprint density at radius 2 is 2.25 bits per heavy atom. The molecule has 0 heterocycles. The molecule has 2 rings (SSSR count). The predicted molar refractivity (Wildman–Crippen MR) is 48.1 cm³/mol. The van der Waals surface area contributed by atoms with E-state index in [4.69, 9.17) is 17.3 Å². The van der Waals surface area contributed by atoms with E-state index in [1.165, 1.54) is 0 Å². The van der Waals surface area contributed by atoms with Gasteiger partial charge in [-0.3, -0.25) is 0 Å². The Morgan fingerprint density at radius 3 is 2.92 bits per heavy atom. The maximum Gasteiger partial charge on any atom is 0.0961 e. The Kier molecular flexibility index (Phi) is 1.83. The molecule has 0 bridgehead atoms. The third-order valence-corrected chi connectivity index (χ3v) is 2.63. The Morgan fingerprint density at radius 1 is 1.50 bits per heavy atom. The van der Waals surface area contributed by atoms with Gasteiger partial charge in [-0.2, -0.15) is 0 Å². The zero-order valence-corrected chi connectivity index (χ0v) is 7.25. The van der Waals surface area contributed by atoms with Gasteiger partial charge in [0.25, 0.3) is 0 Å². The molecule has 3 heteroatoms. The van der Waals surface area contributed by atoms with Crippen molar-refractivity contribution < 1.29 is 5.11 Å². The number of hydrogen-bond acceptors (Lipinski definition) is 2. The molecule has 64 valence electrons. The van der Waals surface area contributed by atoms with E-state index in [0.29, 0.717) is 5.02 Å². The van der Waals surface area contributed by atoms with E-state index in [0.717, 1.165) is 17.5 Å². The largest absolute Gasteiger partial charge is 0.387 e. The van der Waals surface area contributed by atoms with Crippen molar-refractivity contribution in [2.45, 2.75) is 18.6 Å². The summed E-state index contributed by atoms with van der Waals surface area (Å²) in [6, 6.07) is 5.42. The highest BCUT2D eigenvalue weighted by molar-refractivity contribution is 6.31. The zero-order chi connectivity index (χ0) is 8.72. The summed E-state index contributed by atoms with van der Waals surface area (Å²) in [6.07, 6.45) is 0.130. The van der Waals surface area contributed by atoms with Crippen LogP contribution in [0, 0.1) is 0 Å². The first-order chi connectivity index (χ1) is 5.70. The Labute approximate surface area is 76.0 Å². The lowest BCUT2D eigenvalue weighted by atomic mass is 10.1. The molecular formula is C9H10ClNO. The minimum absolute atomic E-state index is 0.195. The van der Waals surface area contributed by atoms with Gasteiger partial charge in [-0.1, -0.05) is 23.7 Å². The first-order valence-corrected chi connectivity index (χ1v) is 4.29. The highest BCUT2D eigenvalue weighted by atomic mass is 35.5. The highest BCUT2D eigenvalue weighted by Gasteiger charge is 2.29. The molecule has 1 aliphatic rings. The van der Waals surface area contributed by atoms with Crippen LogP contribution in [-0.4, -0.2) is 11.1 Å². The molecule has 0 aliphatic heterocycles. The lowest BCUT2D eigenvalue weighted by Gasteiger charge is -2.09. The van der Waals surface area contributed by atoms with Crippen LogP contribution in [0.2, 0.25) is 5.02 Å². The second-order valence-corrected chi connectivity index (χ2v) is 3.53. The van der Waals surface area contributed by atoms with Crippen molar-refractivity contribution in [2.75, 3.05) is 0 Å². The summed E-state index contributed by atoms with van der Waals surface area (Å²) in [4.78, 5) is 0. The summed E-state index contributed by atoms with van der Waals surface area (Å²) in [6.45, 7) is 0. The lowest BCUT2D eigenvalue weighted by Crippen LogP contribution is -2.24. The highest BCUT2D eigenvalue weighted by Crippen LogP contribution is 2.35. The van der Waals surface area contributed by atoms with Crippen molar-refractivity contribution in [1.29, 1.82) is 0 Å². The molecule has 0 aromatic heterocycles. The molecule has 0 saturated heterocycles. The fourth-order valence-electron chi connectivity index (χ4n) is 1.67. The first kappa shape index (κ1) is 8.05. The Balaban J connectivity index is 2.55. The molecule has 0 radical (unpaired) electrons. The smallest absolute Gasteiger partial charge is 0.0961 e. The van der Waals surface area contributed by atoms with Crippen molar-refractivity contribution in [3.8, 4) is 0 Å². The van der Waals surface area contributed by atoms with Crippen LogP contribution in [0.1, 0.15) is 17.2 Å². The average Bonchev–Trinajstić information content (AvgIpc) is 2.29. The lowest BCUT2D eigenvalue weighted by molar-refractivity contribution is 0.159. The van der Waals surface area contributed by atoms with Gasteiger partial charge >= 0.3 is 0 Å². The van der Waals surface area contributed by atoms with Gasteiger partial charge in [0, 0.05) is 16.6 Å². The molecule has 12 heavy (non-hydrogen) atoms. The number of hydrogen-bond donors (Lipinski definition) is 2. The van der Waals surface area contributed by atoms with Crippen molar-refractivity contribution in [3.05, 3.63) is 34.3 Å². The minimum atomic E-state index is -0.589. The van der Waals surface area contributed by atoms with E-state index < -0.39 is 6.10 Å². The number of halogens is 1. The van der Waals surface area contributed by atoms with Crippen molar-refractivity contribution in [1.82, 2.24) is 0 Å². The fourth-order valence-corrected chi connectivity index (χ4v) is 1.98. The van der Waals surface area contributed by atoms with Gasteiger partial charge in [0.15, 0.2) is 0 Å². The molecule has 0 amide bonds. The fraction of sp³-hybridized carbons (Fsp3) is 0.333. The number of aliphatic hydroxyl groups is 1. The topological polar surface area (TPSA) is 46.2 Å². The number of fused-ring (bicyclic) bond motifs is 1. The van der Waals surface area contributed by atoms with Crippen LogP contribution in [0.3, 0.4) is 0 Å². The molecule has 1 aliphatic carbocycles. The number of aliphatic hydroxyl groups excluding tert-OH is 1. The van der Waals surface area contributed by atoms with Crippen LogP contribution in [0.25, 0.3) is 0 Å². The molecule has 0 spiro atoms. The summed E-state index contributed by atoms with van der Waals surface area (Å²) < 4.78 is 0. The maximum absolute atomic E-state index is 9.62. The van der Waals surface area contributed by atoms with Crippen LogP contribution in [0.15, 0.2) is 18.2 Å². The van der Waals surface area contributed by atoms with E-state index >= 15 is 0 Å². The van der Waals surface area contributed by atoms with Gasteiger partial charge in [0.1, 0.15) is 0 Å². The van der Waals surface area contributed by atoms with E-state index in [1.54, 1.807) is 6.07 Å². The monoisotopic (exact) mass is 183 g/mol. The van der Waals surface area contributed by atoms with Gasteiger partial charge in [-0.25, -0.2) is 0 Å². The van der Waals surface area contributed by atoms with Crippen molar-refractivity contribution in [3.63, 3.8) is 0 Å². The van der Waals surface area contributed by atoms with Crippen LogP contribution >= 0.6 is 11.6 Å². The number of rotatable bonds is 0. The van der Waals surface area contributed by atoms with E-state index in [2.05, 4.69) is 0 Å². The molecule has 0 fully saturated rings. The van der Waals surface area contributed by atoms with Gasteiger partial charge in [0.05, 0.1) is 6.10 Å². The van der Waals surface area contributed by atoms with Crippen LogP contribution in [0.5, 0.6) is 0 Å². The molecule has 3 N–H and O–H groups in total. The van der Waals surface area contributed by atoms with E-state index in [-0.39, 0.29) is 6.04 Å². The Hall–Kier alpha value is -0.570. The molecule has 1 aromatic carbocycles. The summed E-state index contributed by atoms with van der Waals surface area (Å²) in [7, 11) is 0. The minimum Gasteiger partial charge on any atom is -0.387 e. The van der Waals surface area contributed by atoms with Gasteiger partial charge in [-0.15, -0.1) is 0 Å². The summed E-state index contributed by atoms with van der Waals surface area (Å²) in [5.74, 6) is 0. The third-order valence-electron chi connectivity index (χ3n) is 2.30. The molecule has 1 aromatic rings. The maximum atomic E-state index is 9.62. The summed E-state index contributed by atoms with van der Waals surface area (Å²) in [5, 5.41) is 10.2. The predicted octanol–water partition coefficient (Wildman–Crippen LogP) is 1.26. The standard InChI is InChI=1S/C9H10ClNO/c10-6-3-1-2-5-4-7(11)9(12)8(5)6/h1-3,7,9,12H,4,11H2/t7-,9+/m1/s1. The summed E-state index contributed by atoms with van der Waals surface area (Å²) in [5.41, 5.74) is 7.57. The van der Waals surface area contributed by atoms with Gasteiger partial charge < -0.3 is 10.8 Å². The Bertz CT molecular complexity index is 313. The van der Waals surface area contributed by atoms with Crippen LogP contribution < -0.4 is 5.73 Å². The third kappa shape index (κ3) is 1.04. The average molecular weight is 184 g/mol. The van der Waals surface area contributed by atoms with E-state index in [1.807, 2.05) is 12.1 Å². The number of nitrogens with two attached hydrogens (primary N) is 1. The molecule has 2 atom stereocenters. The van der Waals surface area contributed by atoms with Crippen molar-refractivity contribution in [2.24, 2.45) is 5.73 Å². The van der Waals surface area contributed by atoms with Crippen LogP contribution in [0.4, 0.5) is 0 Å². The van der Waals surface area contributed by atoms with E-state index in [9.17, 15) is 5.11 Å². The second kappa shape index (κ2) is 2.73. The number of benzene rings is 1. The normalized spacial score (nSPS) is 27.2. The molecule has 2 nitrogen and oxygen atoms in total. The van der Waals surface area contributed by atoms with Crippen molar-refractivity contribution >= 4 is 11.6 Å². The molecule has 0 unspecified atom stereocenters. The van der Waals surface area contributed by atoms with Gasteiger partial charge in [-0.05, 0) is 18.1 Å². The second-order valence-electron chi connectivity index (χ2n) is 3.13. The zero-order valence-electron chi connectivity index (χ0n) is 6.50. The SMILES string of the molecule is N[C@@H]1Cc2cccc(Cl)c2[C@H]1O. The molecule has 0 saturated carbocycles. The van der Waals surface area contributed by atoms with Crippen LogP contribution in [-0.2, 0) is 6.42 Å². The van der Waals surface area contributed by atoms with Gasteiger partial charge in [0.2, 0.25) is 0 Å². The quantitative estimate of drug-likeness (QED) is 0.636. The molecular weight excluding hydrogens is 174 g/mol.